The Hall–Kier alpha value is -3.42. The summed E-state index contributed by atoms with van der Waals surface area (Å²) in [6.45, 7) is 2.45. The van der Waals surface area contributed by atoms with E-state index in [2.05, 4.69) is 10.1 Å². The average Bonchev–Trinajstić information content (AvgIpc) is 3.22. The Kier molecular flexibility index (Phi) is 7.17. The van der Waals surface area contributed by atoms with E-state index in [0.717, 1.165) is 10.2 Å². The zero-order valence-electron chi connectivity index (χ0n) is 21.3. The smallest absolute Gasteiger partial charge is 0.418 e. The molecule has 1 N–H and O–H groups in total. The highest BCUT2D eigenvalue weighted by atomic mass is 35.5. The van der Waals surface area contributed by atoms with E-state index in [0.29, 0.717) is 35.9 Å². The second-order valence-corrected chi connectivity index (χ2v) is 12.0. The lowest BCUT2D eigenvalue weighted by Gasteiger charge is -2.41. The van der Waals surface area contributed by atoms with Crippen molar-refractivity contribution in [3.8, 4) is 11.4 Å². The number of hydrogen-bond donors (Lipinski definition) is 1. The van der Waals surface area contributed by atoms with Gasteiger partial charge in [-0.05, 0) is 31.0 Å². The van der Waals surface area contributed by atoms with Crippen LogP contribution in [0.5, 0.6) is 5.75 Å². The highest BCUT2D eigenvalue weighted by molar-refractivity contribution is 7.88. The standard InChI is InChI=1S/C26H24ClF4N5O3S/c1-15-18-11-22(35-9-8-34(40(2,38)39)14-17(35)10-16-6-4-3-5-7-16)32-13-21(18)36(33-15)20-12-19(26(29,30)31)23(27)25(37)24(20)28/h3-7,11-13,17,37H,8-10,14H2,1-2H3/t17-/m1/s1. The van der Waals surface area contributed by atoms with Crippen molar-refractivity contribution in [2.45, 2.75) is 25.6 Å². The van der Waals surface area contributed by atoms with Crippen molar-refractivity contribution in [3.05, 3.63) is 76.3 Å². The van der Waals surface area contributed by atoms with Crippen LogP contribution in [0.1, 0.15) is 16.8 Å². The van der Waals surface area contributed by atoms with Crippen molar-refractivity contribution in [1.82, 2.24) is 19.1 Å². The molecular weight excluding hydrogens is 574 g/mol. The van der Waals surface area contributed by atoms with Gasteiger partial charge in [-0.1, -0.05) is 41.9 Å². The fraction of sp³-hybridized carbons (Fsp3) is 0.308. The number of nitrogens with zero attached hydrogens (tertiary/aromatic N) is 5. The molecular formula is C26H24ClF4N5O3S. The van der Waals surface area contributed by atoms with Crippen LogP contribution >= 0.6 is 11.6 Å². The van der Waals surface area contributed by atoms with Gasteiger partial charge in [0, 0.05) is 31.1 Å². The zero-order chi connectivity index (χ0) is 29.0. The van der Waals surface area contributed by atoms with Crippen molar-refractivity contribution >= 4 is 38.3 Å². The second kappa shape index (κ2) is 10.2. The molecule has 5 rings (SSSR count). The quantitative estimate of drug-likeness (QED) is 0.328. The second-order valence-electron chi connectivity index (χ2n) is 9.63. The number of fused-ring (bicyclic) bond motifs is 1. The maximum absolute atomic E-state index is 15.0. The van der Waals surface area contributed by atoms with E-state index in [-0.39, 0.29) is 24.6 Å². The predicted octanol–water partition coefficient (Wildman–Crippen LogP) is 4.94. The molecule has 0 amide bonds. The Labute approximate surface area is 232 Å². The summed E-state index contributed by atoms with van der Waals surface area (Å²) in [6.07, 6.45) is -1.86. The van der Waals surface area contributed by atoms with Crippen LogP contribution in [0.25, 0.3) is 16.6 Å². The number of benzene rings is 2. The molecule has 3 heterocycles. The molecule has 1 fully saturated rings. The molecule has 2 aromatic carbocycles. The predicted molar refractivity (Wildman–Crippen MR) is 143 cm³/mol. The number of halogens is 5. The van der Waals surface area contributed by atoms with Crippen LogP contribution in [-0.4, -0.2) is 64.5 Å². The van der Waals surface area contributed by atoms with Crippen LogP contribution in [0, 0.1) is 12.7 Å². The van der Waals surface area contributed by atoms with Gasteiger partial charge in [-0.25, -0.2) is 22.5 Å². The maximum atomic E-state index is 15.0. The Bertz CT molecular complexity index is 1700. The Morgan fingerprint density at radius 3 is 2.50 bits per heavy atom. The molecule has 0 aliphatic carbocycles. The lowest BCUT2D eigenvalue weighted by molar-refractivity contribution is -0.137. The molecule has 0 saturated carbocycles. The van der Waals surface area contributed by atoms with E-state index >= 15 is 0 Å². The van der Waals surface area contributed by atoms with E-state index in [4.69, 9.17) is 11.6 Å². The number of pyridine rings is 1. The number of aromatic hydroxyl groups is 1. The summed E-state index contributed by atoms with van der Waals surface area (Å²) in [4.78, 5) is 6.50. The number of alkyl halides is 3. The minimum atomic E-state index is -4.94. The van der Waals surface area contributed by atoms with Gasteiger partial charge < -0.3 is 10.0 Å². The Balaban J connectivity index is 1.57. The van der Waals surface area contributed by atoms with Gasteiger partial charge in [-0.15, -0.1) is 0 Å². The molecule has 14 heteroatoms. The van der Waals surface area contributed by atoms with E-state index < -0.39 is 44.0 Å². The van der Waals surface area contributed by atoms with Crippen LogP contribution in [0.2, 0.25) is 5.02 Å². The molecule has 1 saturated heterocycles. The monoisotopic (exact) mass is 597 g/mol. The summed E-state index contributed by atoms with van der Waals surface area (Å²) in [5.41, 5.74) is -0.428. The topological polar surface area (TPSA) is 91.6 Å². The largest absolute Gasteiger partial charge is 0.504 e. The number of anilines is 1. The summed E-state index contributed by atoms with van der Waals surface area (Å²) >= 11 is 5.58. The van der Waals surface area contributed by atoms with Crippen molar-refractivity contribution in [1.29, 1.82) is 0 Å². The summed E-state index contributed by atoms with van der Waals surface area (Å²) in [7, 11) is -3.42. The minimum absolute atomic E-state index is 0.212. The van der Waals surface area contributed by atoms with Gasteiger partial charge in [-0.2, -0.15) is 22.6 Å². The van der Waals surface area contributed by atoms with E-state index in [1.807, 2.05) is 35.2 Å². The molecule has 2 aromatic heterocycles. The highest BCUT2D eigenvalue weighted by Gasteiger charge is 2.37. The molecule has 0 radical (unpaired) electrons. The van der Waals surface area contributed by atoms with Gasteiger partial charge >= 0.3 is 6.18 Å². The van der Waals surface area contributed by atoms with E-state index in [1.54, 1.807) is 13.0 Å². The molecule has 0 bridgehead atoms. The summed E-state index contributed by atoms with van der Waals surface area (Å²) < 4.78 is 82.5. The van der Waals surface area contributed by atoms with Gasteiger partial charge in [0.2, 0.25) is 10.0 Å². The van der Waals surface area contributed by atoms with Gasteiger partial charge in [0.15, 0.2) is 11.6 Å². The number of aromatic nitrogens is 3. The summed E-state index contributed by atoms with van der Waals surface area (Å²) in [6, 6.07) is 11.5. The molecule has 8 nitrogen and oxygen atoms in total. The number of aryl methyl sites for hydroxylation is 1. The van der Waals surface area contributed by atoms with Crippen LogP contribution in [-0.2, 0) is 22.6 Å². The van der Waals surface area contributed by atoms with Crippen molar-refractivity contribution < 1.29 is 31.1 Å². The first-order chi connectivity index (χ1) is 18.8. The molecule has 40 heavy (non-hydrogen) atoms. The summed E-state index contributed by atoms with van der Waals surface area (Å²) in [5, 5.41) is 13.6. The molecule has 0 spiro atoms. The van der Waals surface area contributed by atoms with E-state index in [1.165, 1.54) is 16.8 Å². The fourth-order valence-electron chi connectivity index (χ4n) is 4.95. The molecule has 4 aromatic rings. The fourth-order valence-corrected chi connectivity index (χ4v) is 6.05. The lowest BCUT2D eigenvalue weighted by Crippen LogP contribution is -2.55. The van der Waals surface area contributed by atoms with Crippen LogP contribution < -0.4 is 4.90 Å². The Morgan fingerprint density at radius 2 is 1.85 bits per heavy atom. The SMILES string of the molecule is Cc1nn(-c2cc(C(F)(F)F)c(Cl)c(O)c2F)c2cnc(N3CCN(S(C)(=O)=O)C[C@H]3Cc3ccccc3)cc12. The average molecular weight is 598 g/mol. The lowest BCUT2D eigenvalue weighted by atomic mass is 10.0. The third-order valence-electron chi connectivity index (χ3n) is 6.95. The molecule has 1 aliphatic rings. The highest BCUT2D eigenvalue weighted by Crippen LogP contribution is 2.43. The minimum Gasteiger partial charge on any atom is -0.504 e. The number of piperazine rings is 1. The molecule has 1 atom stereocenters. The van der Waals surface area contributed by atoms with Crippen molar-refractivity contribution in [3.63, 3.8) is 0 Å². The number of phenols is 1. The van der Waals surface area contributed by atoms with Crippen LogP contribution in [0.3, 0.4) is 0 Å². The van der Waals surface area contributed by atoms with Crippen LogP contribution in [0.4, 0.5) is 23.4 Å². The number of sulfonamides is 1. The summed E-state index contributed by atoms with van der Waals surface area (Å²) in [5.74, 6) is -2.17. The first kappa shape index (κ1) is 28.1. The third kappa shape index (κ3) is 5.20. The van der Waals surface area contributed by atoms with Crippen molar-refractivity contribution in [2.24, 2.45) is 0 Å². The van der Waals surface area contributed by atoms with Crippen LogP contribution in [0.15, 0.2) is 48.7 Å². The first-order valence-electron chi connectivity index (χ1n) is 12.1. The van der Waals surface area contributed by atoms with Gasteiger partial charge in [0.05, 0.1) is 34.2 Å². The maximum Gasteiger partial charge on any atom is 0.418 e. The molecule has 1 aliphatic heterocycles. The number of phenolic OH excluding ortho intramolecular Hbond substituents is 1. The zero-order valence-corrected chi connectivity index (χ0v) is 22.9. The number of hydrogen-bond acceptors (Lipinski definition) is 6. The first-order valence-corrected chi connectivity index (χ1v) is 14.4. The third-order valence-corrected chi connectivity index (χ3v) is 8.60. The van der Waals surface area contributed by atoms with Crippen molar-refractivity contribution in [2.75, 3.05) is 30.8 Å². The van der Waals surface area contributed by atoms with E-state index in [9.17, 15) is 31.1 Å². The molecule has 212 valence electrons. The van der Waals surface area contributed by atoms with Gasteiger partial charge in [0.1, 0.15) is 11.5 Å². The molecule has 0 unspecified atom stereocenters. The number of rotatable bonds is 5. The Morgan fingerprint density at radius 1 is 1.15 bits per heavy atom. The van der Waals surface area contributed by atoms with Gasteiger partial charge in [-0.3, -0.25) is 0 Å². The normalized spacial score (nSPS) is 17.1. The van der Waals surface area contributed by atoms with Gasteiger partial charge in [0.25, 0.3) is 0 Å².